The third kappa shape index (κ3) is 6.46. The van der Waals surface area contributed by atoms with E-state index >= 15 is 0 Å². The lowest BCUT2D eigenvalue weighted by molar-refractivity contribution is -0.245. The molecule has 0 saturated carbocycles. The number of rotatable bonds is 7. The zero-order chi connectivity index (χ0) is 36.8. The lowest BCUT2D eigenvalue weighted by atomic mass is 9.72. The highest BCUT2D eigenvalue weighted by molar-refractivity contribution is 7.80. The molecule has 6 rings (SSSR count). The van der Waals surface area contributed by atoms with Crippen LogP contribution < -0.4 is 15.5 Å². The highest BCUT2D eigenvalue weighted by Gasteiger charge is 2.49. The van der Waals surface area contributed by atoms with Crippen LogP contribution in [0, 0.1) is 5.82 Å². The Bertz CT molecular complexity index is 2040. The topological polar surface area (TPSA) is 228 Å². The Hall–Kier alpha value is -5.16. The minimum Gasteiger partial charge on any atom is -0.507 e. The zero-order valence-corrected chi connectivity index (χ0v) is 28.3. The van der Waals surface area contributed by atoms with Crippen LogP contribution in [0.3, 0.4) is 0 Å². The van der Waals surface area contributed by atoms with Crippen molar-refractivity contribution in [2.45, 2.75) is 69.4 Å². The third-order valence-corrected chi connectivity index (χ3v) is 9.54. The number of anilines is 1. The van der Waals surface area contributed by atoms with E-state index in [1.54, 1.807) is 13.0 Å². The molecule has 1 fully saturated rings. The number of aliphatic hydroxyl groups excluding tert-OH is 1. The van der Waals surface area contributed by atoms with Gasteiger partial charge >= 0.3 is 0 Å². The standard InChI is InChI=1S/C34H33FN6O9S/c1-14-28(42)20(39-41-36)11-23(49-14)50-22-13-34(47,15(2)38-40-33(51)37-17-7-4-6-16(35)10-17)12-19-25(22)32(46)27-26(30(19)44)29(43)18-8-5-9-21(48-3)24(18)31(27)45/h4-10,14,20,22-23,28,42,44,46-47H,11-13H2,1-3H3,(H2,37,40,51)/b38-15+/t14-,20-,22-,23-,28+,34-/m0/s1. The number of ether oxygens (including phenoxy) is 3. The minimum absolute atomic E-state index is 0.0347. The van der Waals surface area contributed by atoms with Crippen LogP contribution in [0.4, 0.5) is 10.1 Å². The molecule has 1 aliphatic heterocycles. The molecule has 6 N–H and O–H groups in total. The van der Waals surface area contributed by atoms with Gasteiger partial charge in [-0.2, -0.15) is 5.10 Å². The predicted octanol–water partition coefficient (Wildman–Crippen LogP) is 4.29. The van der Waals surface area contributed by atoms with Crippen molar-refractivity contribution < 1.29 is 48.6 Å². The van der Waals surface area contributed by atoms with E-state index in [4.69, 9.17) is 32.0 Å². The Morgan fingerprint density at radius 2 is 1.86 bits per heavy atom. The molecule has 17 heteroatoms. The third-order valence-electron chi connectivity index (χ3n) is 9.35. The average molecular weight is 721 g/mol. The van der Waals surface area contributed by atoms with E-state index in [-0.39, 0.29) is 51.7 Å². The normalized spacial score (nSPS) is 25.5. The molecule has 15 nitrogen and oxygen atoms in total. The lowest BCUT2D eigenvalue weighted by Gasteiger charge is -2.42. The Balaban J connectivity index is 1.42. The van der Waals surface area contributed by atoms with Crippen LogP contribution >= 0.6 is 12.2 Å². The number of azide groups is 1. The van der Waals surface area contributed by atoms with Gasteiger partial charge in [0.05, 0.1) is 53.9 Å². The van der Waals surface area contributed by atoms with Crippen LogP contribution in [0.25, 0.3) is 10.4 Å². The Morgan fingerprint density at radius 1 is 1.14 bits per heavy atom. The summed E-state index contributed by atoms with van der Waals surface area (Å²) in [6.45, 7) is 3.02. The van der Waals surface area contributed by atoms with E-state index in [1.165, 1.54) is 50.4 Å². The number of aromatic hydroxyl groups is 2. The first kappa shape index (κ1) is 35.7. The number of hydrogen-bond acceptors (Lipinski definition) is 12. The molecule has 1 saturated heterocycles. The Labute approximate surface area is 295 Å². The fraction of sp³-hybridized carbons (Fsp3) is 0.353. The number of thiocarbonyl (C=S) groups is 1. The van der Waals surface area contributed by atoms with Gasteiger partial charge in [0.1, 0.15) is 28.7 Å². The molecule has 3 aromatic carbocycles. The Kier molecular flexibility index (Phi) is 9.69. The molecule has 3 aliphatic rings. The molecule has 1 heterocycles. The molecule has 2 aliphatic carbocycles. The van der Waals surface area contributed by atoms with Gasteiger partial charge in [0.2, 0.25) is 5.78 Å². The van der Waals surface area contributed by atoms with Gasteiger partial charge in [-0.3, -0.25) is 15.0 Å². The molecule has 0 spiro atoms. The van der Waals surface area contributed by atoms with Crippen molar-refractivity contribution >= 4 is 40.3 Å². The van der Waals surface area contributed by atoms with Gasteiger partial charge in [-0.25, -0.2) is 4.39 Å². The smallest absolute Gasteiger partial charge is 0.202 e. The highest BCUT2D eigenvalue weighted by Crippen LogP contribution is 2.52. The number of aliphatic hydroxyl groups is 2. The number of carbonyl (C=O) groups excluding carboxylic acids is 2. The van der Waals surface area contributed by atoms with E-state index in [2.05, 4.69) is 25.9 Å². The van der Waals surface area contributed by atoms with E-state index in [1.807, 2.05) is 0 Å². The van der Waals surface area contributed by atoms with Crippen LogP contribution in [0.15, 0.2) is 52.7 Å². The number of nitrogens with zero attached hydrogens (tertiary/aromatic N) is 4. The van der Waals surface area contributed by atoms with E-state index < -0.39 is 82.7 Å². The molecule has 0 amide bonds. The average Bonchev–Trinajstić information content (AvgIpc) is 3.09. The summed E-state index contributed by atoms with van der Waals surface area (Å²) >= 11 is 5.28. The molecular formula is C34H33FN6O9S. The fourth-order valence-corrected chi connectivity index (χ4v) is 6.92. The maximum Gasteiger partial charge on any atom is 0.202 e. The van der Waals surface area contributed by atoms with Crippen LogP contribution in [-0.4, -0.2) is 80.1 Å². The summed E-state index contributed by atoms with van der Waals surface area (Å²) in [5.41, 5.74) is 8.88. The van der Waals surface area contributed by atoms with Crippen LogP contribution in [0.2, 0.25) is 0 Å². The van der Waals surface area contributed by atoms with E-state index in [0.717, 1.165) is 0 Å². The molecule has 0 radical (unpaired) electrons. The lowest BCUT2D eigenvalue weighted by Crippen LogP contribution is -2.49. The summed E-state index contributed by atoms with van der Waals surface area (Å²) in [6, 6.07) is 9.00. The second-order valence-electron chi connectivity index (χ2n) is 12.5. The first-order chi connectivity index (χ1) is 24.3. The number of nitrogens with one attached hydrogen (secondary N) is 2. The molecule has 6 atom stereocenters. The molecule has 3 aromatic rings. The van der Waals surface area contributed by atoms with Gasteiger partial charge in [0.25, 0.3) is 0 Å². The monoisotopic (exact) mass is 720 g/mol. The number of carbonyl (C=O) groups is 2. The molecule has 0 bridgehead atoms. The minimum atomic E-state index is -1.93. The summed E-state index contributed by atoms with van der Waals surface area (Å²) < 4.78 is 31.2. The first-order valence-corrected chi connectivity index (χ1v) is 16.2. The van der Waals surface area contributed by atoms with Crippen molar-refractivity contribution in [2.75, 3.05) is 12.4 Å². The van der Waals surface area contributed by atoms with Crippen LogP contribution in [0.5, 0.6) is 17.2 Å². The molecule has 51 heavy (non-hydrogen) atoms. The van der Waals surface area contributed by atoms with Crippen molar-refractivity contribution in [1.82, 2.24) is 5.43 Å². The molecular weight excluding hydrogens is 687 g/mol. The molecule has 266 valence electrons. The van der Waals surface area contributed by atoms with Crippen LogP contribution in [-0.2, 0) is 15.9 Å². The molecule has 0 aromatic heterocycles. The van der Waals surface area contributed by atoms with Crippen molar-refractivity contribution in [1.29, 1.82) is 0 Å². The number of phenolic OH excluding ortho intramolecular Hbond substituents is 2. The van der Waals surface area contributed by atoms with Gasteiger partial charge in [0.15, 0.2) is 17.2 Å². The summed E-state index contributed by atoms with van der Waals surface area (Å²) in [4.78, 5) is 30.6. The van der Waals surface area contributed by atoms with Crippen molar-refractivity contribution in [2.24, 2.45) is 10.2 Å². The summed E-state index contributed by atoms with van der Waals surface area (Å²) in [5.74, 6) is -3.23. The van der Waals surface area contributed by atoms with Gasteiger partial charge in [-0.15, -0.1) is 0 Å². The number of methoxy groups -OCH3 is 1. The Morgan fingerprint density at radius 3 is 2.57 bits per heavy atom. The maximum atomic E-state index is 14.0. The van der Waals surface area contributed by atoms with Crippen molar-refractivity contribution in [3.63, 3.8) is 0 Å². The second-order valence-corrected chi connectivity index (χ2v) is 12.9. The maximum absolute atomic E-state index is 14.0. The first-order valence-electron chi connectivity index (χ1n) is 15.8. The zero-order valence-electron chi connectivity index (χ0n) is 27.5. The van der Waals surface area contributed by atoms with Crippen molar-refractivity contribution in [3.05, 3.63) is 92.1 Å². The summed E-state index contributed by atoms with van der Waals surface area (Å²) in [7, 11) is 1.33. The van der Waals surface area contributed by atoms with Crippen molar-refractivity contribution in [3.8, 4) is 17.2 Å². The summed E-state index contributed by atoms with van der Waals surface area (Å²) in [5, 5.41) is 56.9. The largest absolute Gasteiger partial charge is 0.507 e. The number of benzene rings is 3. The van der Waals surface area contributed by atoms with Gasteiger partial charge < -0.3 is 40.0 Å². The number of fused-ring (bicyclic) bond motifs is 3. The van der Waals surface area contributed by atoms with Gasteiger partial charge in [-0.1, -0.05) is 23.3 Å². The fourth-order valence-electron chi connectivity index (χ4n) is 6.75. The number of phenols is 2. The number of halogens is 1. The predicted molar refractivity (Wildman–Crippen MR) is 183 cm³/mol. The quantitative estimate of drug-likeness (QED) is 0.0299. The SMILES string of the molecule is COc1cccc2c1C(=O)c1c(O)c3c(c(O)c1C2=O)C[C@@](O)(/C(C)=N/NC(=S)Nc1cccc(F)c1)C[C@@H]3O[C@H]1C[C@H](N=[N+]=[N-])[C@H](O)[C@H](C)O1. The highest BCUT2D eigenvalue weighted by atomic mass is 32.1. The van der Waals surface area contributed by atoms with E-state index in [9.17, 15) is 34.4 Å². The van der Waals surface area contributed by atoms with E-state index in [0.29, 0.717) is 5.69 Å². The second kappa shape index (κ2) is 13.9. The van der Waals surface area contributed by atoms with Gasteiger partial charge in [-0.05, 0) is 55.9 Å². The van der Waals surface area contributed by atoms with Gasteiger partial charge in [0, 0.05) is 46.6 Å². The van der Waals surface area contributed by atoms with Crippen LogP contribution in [0.1, 0.15) is 75.8 Å². The number of ketones is 2. The number of hydrazone groups is 1. The summed E-state index contributed by atoms with van der Waals surface area (Å²) in [6.07, 6.45) is -5.32. The number of hydrogen-bond donors (Lipinski definition) is 6. The molecule has 0 unspecified atom stereocenters.